The Balaban J connectivity index is 2.11. The van der Waals surface area contributed by atoms with Gasteiger partial charge in [0.1, 0.15) is 0 Å². The molecule has 1 saturated carbocycles. The highest BCUT2D eigenvalue weighted by molar-refractivity contribution is 9.09. The van der Waals surface area contributed by atoms with Gasteiger partial charge in [-0.1, -0.05) is 29.8 Å². The summed E-state index contributed by atoms with van der Waals surface area (Å²) in [6.45, 7) is 4.73. The van der Waals surface area contributed by atoms with E-state index in [1.54, 1.807) is 0 Å². The van der Waals surface area contributed by atoms with Crippen LogP contribution in [0.4, 0.5) is 0 Å². The minimum absolute atomic E-state index is 0.958. The Morgan fingerprint density at radius 2 is 2.22 bits per heavy atom. The number of alkyl halides is 1. The Morgan fingerprint density at radius 3 is 2.56 bits per heavy atom. The molecule has 9 heavy (non-hydrogen) atoms. The van der Waals surface area contributed by atoms with Crippen molar-refractivity contribution < 1.29 is 0 Å². The molecule has 0 N–H and O–H groups in total. The lowest BCUT2D eigenvalue weighted by molar-refractivity contribution is 0.473. The molecule has 0 spiro atoms. The average Bonchev–Trinajstić information content (AvgIpc) is 2.47. The minimum Gasteiger partial charge on any atom is -0.0928 e. The normalized spacial score (nSPS) is 36.3. The lowest BCUT2D eigenvalue weighted by atomic mass is 10.0. The second-order valence-electron chi connectivity index (χ2n) is 3.33. The van der Waals surface area contributed by atoms with Crippen LogP contribution in [-0.2, 0) is 0 Å². The number of hydrogen-bond donors (Lipinski definition) is 0. The van der Waals surface area contributed by atoms with Gasteiger partial charge in [-0.05, 0) is 30.6 Å². The Bertz CT molecular complexity index is 90.6. The molecule has 3 atom stereocenters. The van der Waals surface area contributed by atoms with Crippen molar-refractivity contribution in [1.82, 2.24) is 0 Å². The van der Waals surface area contributed by atoms with Crippen molar-refractivity contribution in [1.29, 1.82) is 0 Å². The van der Waals surface area contributed by atoms with Crippen LogP contribution in [0.5, 0.6) is 0 Å². The van der Waals surface area contributed by atoms with E-state index in [2.05, 4.69) is 29.8 Å². The fourth-order valence-corrected chi connectivity index (χ4v) is 2.25. The van der Waals surface area contributed by atoms with Crippen molar-refractivity contribution in [2.75, 3.05) is 5.33 Å². The Hall–Kier alpha value is 0.480. The van der Waals surface area contributed by atoms with E-state index in [1.165, 1.54) is 18.2 Å². The average molecular weight is 191 g/mol. The van der Waals surface area contributed by atoms with Gasteiger partial charge in [-0.2, -0.15) is 0 Å². The van der Waals surface area contributed by atoms with E-state index in [0.717, 1.165) is 17.8 Å². The molecule has 0 aromatic heterocycles. The third-order valence-electron chi connectivity index (χ3n) is 2.47. The van der Waals surface area contributed by atoms with Crippen LogP contribution in [0.15, 0.2) is 0 Å². The second kappa shape index (κ2) is 3.05. The molecule has 0 heterocycles. The molecule has 0 aromatic rings. The molecule has 0 bridgehead atoms. The maximum Gasteiger partial charge on any atom is 0.00339 e. The number of hydrogen-bond acceptors (Lipinski definition) is 0. The summed E-state index contributed by atoms with van der Waals surface area (Å²) in [6.07, 6.45) is 2.84. The van der Waals surface area contributed by atoms with Crippen LogP contribution in [0.3, 0.4) is 0 Å². The van der Waals surface area contributed by atoms with Crippen LogP contribution in [0.2, 0.25) is 0 Å². The van der Waals surface area contributed by atoms with Gasteiger partial charge < -0.3 is 0 Å². The molecule has 1 aliphatic rings. The van der Waals surface area contributed by atoms with Crippen molar-refractivity contribution in [2.45, 2.75) is 26.7 Å². The van der Waals surface area contributed by atoms with E-state index in [1.807, 2.05) is 0 Å². The summed E-state index contributed by atoms with van der Waals surface area (Å²) in [4.78, 5) is 0. The Kier molecular flexibility index (Phi) is 2.57. The van der Waals surface area contributed by atoms with Crippen molar-refractivity contribution in [3.63, 3.8) is 0 Å². The quantitative estimate of drug-likeness (QED) is 0.601. The molecule has 1 rings (SSSR count). The third-order valence-corrected chi connectivity index (χ3v) is 2.92. The van der Waals surface area contributed by atoms with Crippen molar-refractivity contribution in [3.05, 3.63) is 0 Å². The molecule has 3 unspecified atom stereocenters. The molecule has 1 heteroatoms. The van der Waals surface area contributed by atoms with Gasteiger partial charge in [-0.25, -0.2) is 0 Å². The zero-order valence-electron chi connectivity index (χ0n) is 6.23. The summed E-state index contributed by atoms with van der Waals surface area (Å²) in [5.74, 6) is 3.04. The third kappa shape index (κ3) is 1.96. The van der Waals surface area contributed by atoms with Crippen LogP contribution in [0.1, 0.15) is 26.7 Å². The molecule has 0 amide bonds. The molecule has 0 aromatic carbocycles. The summed E-state index contributed by atoms with van der Waals surface area (Å²) in [5, 5.41) is 1.18. The smallest absolute Gasteiger partial charge is 0.00339 e. The maximum absolute atomic E-state index is 3.47. The first kappa shape index (κ1) is 7.59. The van der Waals surface area contributed by atoms with Crippen LogP contribution >= 0.6 is 15.9 Å². The maximum atomic E-state index is 3.47. The van der Waals surface area contributed by atoms with Gasteiger partial charge in [0.25, 0.3) is 0 Å². The number of halogens is 1. The van der Waals surface area contributed by atoms with Crippen molar-refractivity contribution >= 4 is 15.9 Å². The van der Waals surface area contributed by atoms with Gasteiger partial charge >= 0.3 is 0 Å². The van der Waals surface area contributed by atoms with E-state index < -0.39 is 0 Å². The predicted octanol–water partition coefficient (Wildman–Crippen LogP) is 3.06. The van der Waals surface area contributed by atoms with Gasteiger partial charge in [0, 0.05) is 5.33 Å². The second-order valence-corrected chi connectivity index (χ2v) is 4.12. The highest BCUT2D eigenvalue weighted by Crippen LogP contribution is 2.44. The molecule has 54 valence electrons. The molecule has 1 fully saturated rings. The Morgan fingerprint density at radius 1 is 1.67 bits per heavy atom. The minimum atomic E-state index is 0.958. The fraction of sp³-hybridized carbons (Fsp3) is 1.00. The van der Waals surface area contributed by atoms with E-state index in [9.17, 15) is 0 Å². The topological polar surface area (TPSA) is 0 Å². The first-order valence-electron chi connectivity index (χ1n) is 3.81. The monoisotopic (exact) mass is 190 g/mol. The lowest BCUT2D eigenvalue weighted by Gasteiger charge is -2.06. The SMILES string of the molecule is CC(CCBr)C1CC1C. The van der Waals surface area contributed by atoms with Gasteiger partial charge in [-0.3, -0.25) is 0 Å². The van der Waals surface area contributed by atoms with Crippen molar-refractivity contribution in [3.8, 4) is 0 Å². The predicted molar refractivity (Wildman–Crippen MR) is 44.8 cm³/mol. The van der Waals surface area contributed by atoms with E-state index in [0.29, 0.717) is 0 Å². The summed E-state index contributed by atoms with van der Waals surface area (Å²) in [7, 11) is 0. The number of rotatable bonds is 3. The molecule has 1 aliphatic carbocycles. The largest absolute Gasteiger partial charge is 0.0928 e. The Labute approximate surface area is 66.2 Å². The van der Waals surface area contributed by atoms with Gasteiger partial charge in [0.15, 0.2) is 0 Å². The highest BCUT2D eigenvalue weighted by Gasteiger charge is 2.36. The first-order chi connectivity index (χ1) is 4.25. The van der Waals surface area contributed by atoms with E-state index in [-0.39, 0.29) is 0 Å². The molecular formula is C8H15Br. The zero-order valence-corrected chi connectivity index (χ0v) is 7.82. The van der Waals surface area contributed by atoms with Gasteiger partial charge in [-0.15, -0.1) is 0 Å². The van der Waals surface area contributed by atoms with Crippen LogP contribution in [-0.4, -0.2) is 5.33 Å². The van der Waals surface area contributed by atoms with Crippen LogP contribution in [0, 0.1) is 17.8 Å². The highest BCUT2D eigenvalue weighted by atomic mass is 79.9. The van der Waals surface area contributed by atoms with Gasteiger partial charge in [0.05, 0.1) is 0 Å². The summed E-state index contributed by atoms with van der Waals surface area (Å²) in [6, 6.07) is 0. The molecule has 0 radical (unpaired) electrons. The standard InChI is InChI=1S/C8H15Br/c1-6(3-4-9)8-5-7(8)2/h6-8H,3-5H2,1-2H3. The van der Waals surface area contributed by atoms with Crippen LogP contribution in [0.25, 0.3) is 0 Å². The lowest BCUT2D eigenvalue weighted by Crippen LogP contribution is -1.98. The molecular weight excluding hydrogens is 176 g/mol. The first-order valence-corrected chi connectivity index (χ1v) is 4.93. The molecule has 0 saturated heterocycles. The van der Waals surface area contributed by atoms with Crippen molar-refractivity contribution in [2.24, 2.45) is 17.8 Å². The summed E-state index contributed by atoms with van der Waals surface area (Å²) >= 11 is 3.47. The summed E-state index contributed by atoms with van der Waals surface area (Å²) in [5.41, 5.74) is 0. The van der Waals surface area contributed by atoms with E-state index in [4.69, 9.17) is 0 Å². The van der Waals surface area contributed by atoms with Crippen LogP contribution < -0.4 is 0 Å². The zero-order chi connectivity index (χ0) is 6.85. The fourth-order valence-electron chi connectivity index (χ4n) is 1.53. The van der Waals surface area contributed by atoms with E-state index >= 15 is 0 Å². The molecule has 0 aliphatic heterocycles. The van der Waals surface area contributed by atoms with Gasteiger partial charge in [0.2, 0.25) is 0 Å². The summed E-state index contributed by atoms with van der Waals surface area (Å²) < 4.78 is 0. The molecule has 0 nitrogen and oxygen atoms in total.